The van der Waals surface area contributed by atoms with Crippen LogP contribution >= 0.6 is 0 Å². The molecule has 0 aromatic rings. The molecule has 1 unspecified atom stereocenters. The SMILES string of the molecule is CC1(F)[CH]CCC1. The van der Waals surface area contributed by atoms with Crippen molar-refractivity contribution in [2.75, 3.05) is 0 Å². The Balaban J connectivity index is 2.40. The van der Waals surface area contributed by atoms with Crippen LogP contribution in [0, 0.1) is 6.42 Å². The van der Waals surface area contributed by atoms with E-state index in [1.807, 2.05) is 0 Å². The summed E-state index contributed by atoms with van der Waals surface area (Å²) in [6.07, 6.45) is 4.49. The van der Waals surface area contributed by atoms with Gasteiger partial charge in [0.2, 0.25) is 0 Å². The van der Waals surface area contributed by atoms with Crippen LogP contribution in [0.3, 0.4) is 0 Å². The second-order valence-corrected chi connectivity index (χ2v) is 2.37. The van der Waals surface area contributed by atoms with Gasteiger partial charge >= 0.3 is 0 Å². The molecule has 1 aliphatic carbocycles. The molecular formula is C6H10F. The van der Waals surface area contributed by atoms with E-state index >= 15 is 0 Å². The molecule has 0 aromatic heterocycles. The zero-order chi connectivity index (χ0) is 5.33. The zero-order valence-electron chi connectivity index (χ0n) is 4.58. The fourth-order valence-electron chi connectivity index (χ4n) is 0.953. The summed E-state index contributed by atoms with van der Waals surface area (Å²) in [6, 6.07) is 0. The van der Waals surface area contributed by atoms with E-state index in [1.165, 1.54) is 0 Å². The van der Waals surface area contributed by atoms with Gasteiger partial charge in [0.25, 0.3) is 0 Å². The van der Waals surface area contributed by atoms with Gasteiger partial charge in [0, 0.05) is 0 Å². The molecule has 0 nitrogen and oxygen atoms in total. The van der Waals surface area contributed by atoms with E-state index in [-0.39, 0.29) is 0 Å². The van der Waals surface area contributed by atoms with Crippen molar-refractivity contribution < 1.29 is 4.39 Å². The van der Waals surface area contributed by atoms with Gasteiger partial charge in [-0.2, -0.15) is 0 Å². The molecule has 0 aromatic carbocycles. The molecule has 1 heteroatoms. The van der Waals surface area contributed by atoms with Crippen molar-refractivity contribution in [3.8, 4) is 0 Å². The van der Waals surface area contributed by atoms with Gasteiger partial charge in [0.1, 0.15) is 5.67 Å². The number of alkyl halides is 1. The Labute approximate surface area is 43.7 Å². The largest absolute Gasteiger partial charge is 0.244 e. The maximum absolute atomic E-state index is 12.6. The highest BCUT2D eigenvalue weighted by molar-refractivity contribution is 4.95. The fourth-order valence-corrected chi connectivity index (χ4v) is 0.953. The average molecular weight is 101 g/mol. The lowest BCUT2D eigenvalue weighted by atomic mass is 10.1. The van der Waals surface area contributed by atoms with Crippen molar-refractivity contribution in [1.82, 2.24) is 0 Å². The summed E-state index contributed by atoms with van der Waals surface area (Å²) in [4.78, 5) is 0. The third-order valence-electron chi connectivity index (χ3n) is 1.44. The zero-order valence-corrected chi connectivity index (χ0v) is 4.58. The van der Waals surface area contributed by atoms with E-state index in [2.05, 4.69) is 0 Å². The topological polar surface area (TPSA) is 0 Å². The van der Waals surface area contributed by atoms with E-state index in [0.717, 1.165) is 19.3 Å². The van der Waals surface area contributed by atoms with Crippen LogP contribution < -0.4 is 0 Å². The molecule has 1 atom stereocenters. The van der Waals surface area contributed by atoms with Gasteiger partial charge in [-0.15, -0.1) is 0 Å². The molecule has 0 saturated heterocycles. The van der Waals surface area contributed by atoms with Gasteiger partial charge in [0.05, 0.1) is 0 Å². The second kappa shape index (κ2) is 1.46. The maximum atomic E-state index is 12.6. The molecule has 0 spiro atoms. The van der Waals surface area contributed by atoms with Crippen LogP contribution in [0.25, 0.3) is 0 Å². The summed E-state index contributed by atoms with van der Waals surface area (Å²) >= 11 is 0. The van der Waals surface area contributed by atoms with E-state index in [0.29, 0.717) is 0 Å². The molecule has 1 rings (SSSR count). The summed E-state index contributed by atoms with van der Waals surface area (Å²) in [7, 11) is 0. The fraction of sp³-hybridized carbons (Fsp3) is 0.833. The summed E-state index contributed by atoms with van der Waals surface area (Å²) in [5.41, 5.74) is -0.931. The van der Waals surface area contributed by atoms with Crippen LogP contribution in [0.5, 0.6) is 0 Å². The molecule has 1 radical (unpaired) electrons. The van der Waals surface area contributed by atoms with Crippen molar-refractivity contribution in [1.29, 1.82) is 0 Å². The first-order valence-electron chi connectivity index (χ1n) is 2.74. The van der Waals surface area contributed by atoms with E-state index in [9.17, 15) is 4.39 Å². The molecule has 1 saturated carbocycles. The van der Waals surface area contributed by atoms with Crippen molar-refractivity contribution in [2.45, 2.75) is 31.9 Å². The third-order valence-corrected chi connectivity index (χ3v) is 1.44. The molecule has 0 bridgehead atoms. The minimum Gasteiger partial charge on any atom is -0.244 e. The first-order chi connectivity index (χ1) is 3.21. The molecule has 0 aliphatic heterocycles. The number of halogens is 1. The summed E-state index contributed by atoms with van der Waals surface area (Å²) in [5.74, 6) is 0. The summed E-state index contributed by atoms with van der Waals surface area (Å²) in [5, 5.41) is 0. The van der Waals surface area contributed by atoms with Crippen molar-refractivity contribution in [3.05, 3.63) is 6.42 Å². The highest BCUT2D eigenvalue weighted by Gasteiger charge is 2.27. The molecule has 0 amide bonds. The highest BCUT2D eigenvalue weighted by atomic mass is 19.1. The van der Waals surface area contributed by atoms with Gasteiger partial charge < -0.3 is 0 Å². The lowest BCUT2D eigenvalue weighted by molar-refractivity contribution is 0.244. The highest BCUT2D eigenvalue weighted by Crippen LogP contribution is 2.30. The van der Waals surface area contributed by atoms with Gasteiger partial charge in [-0.1, -0.05) is 0 Å². The molecule has 7 heavy (non-hydrogen) atoms. The molecule has 41 valence electrons. The van der Waals surface area contributed by atoms with Gasteiger partial charge in [-0.05, 0) is 32.6 Å². The number of hydrogen-bond acceptors (Lipinski definition) is 0. The minimum atomic E-state index is -0.931. The average Bonchev–Trinajstić information content (AvgIpc) is 1.84. The van der Waals surface area contributed by atoms with Gasteiger partial charge in [-0.25, -0.2) is 4.39 Å². The normalized spacial score (nSPS) is 28.3. The van der Waals surface area contributed by atoms with E-state index in [4.69, 9.17) is 0 Å². The Hall–Kier alpha value is -0.0700. The molecule has 0 N–H and O–H groups in total. The summed E-state index contributed by atoms with van der Waals surface area (Å²) in [6.45, 7) is 1.64. The lowest BCUT2D eigenvalue weighted by Gasteiger charge is -2.07. The van der Waals surface area contributed by atoms with Crippen molar-refractivity contribution >= 4 is 0 Å². The van der Waals surface area contributed by atoms with Crippen molar-refractivity contribution in [2.24, 2.45) is 0 Å². The Morgan fingerprint density at radius 3 is 2.57 bits per heavy atom. The minimum absolute atomic E-state index is 0.729. The van der Waals surface area contributed by atoms with E-state index < -0.39 is 5.67 Å². The first kappa shape index (κ1) is 5.07. The molecule has 1 fully saturated rings. The maximum Gasteiger partial charge on any atom is 0.111 e. The van der Waals surface area contributed by atoms with E-state index in [1.54, 1.807) is 13.3 Å². The van der Waals surface area contributed by atoms with Crippen LogP contribution in [0.15, 0.2) is 0 Å². The Morgan fingerprint density at radius 1 is 1.71 bits per heavy atom. The Kier molecular flexibility index (Phi) is 1.06. The van der Waals surface area contributed by atoms with Crippen LogP contribution in [0.2, 0.25) is 0 Å². The van der Waals surface area contributed by atoms with Crippen LogP contribution in [0.4, 0.5) is 4.39 Å². The molecular weight excluding hydrogens is 91.1 g/mol. The van der Waals surface area contributed by atoms with Crippen LogP contribution in [-0.4, -0.2) is 5.67 Å². The summed E-state index contributed by atoms with van der Waals surface area (Å²) < 4.78 is 12.6. The van der Waals surface area contributed by atoms with Gasteiger partial charge in [-0.3, -0.25) is 0 Å². The van der Waals surface area contributed by atoms with Gasteiger partial charge in [0.15, 0.2) is 0 Å². The number of rotatable bonds is 0. The smallest absolute Gasteiger partial charge is 0.111 e. The predicted octanol–water partition coefficient (Wildman–Crippen LogP) is 2.10. The Morgan fingerprint density at radius 2 is 2.43 bits per heavy atom. The Bertz CT molecular complexity index is 58.6. The quantitative estimate of drug-likeness (QED) is 0.438. The molecule has 1 aliphatic rings. The predicted molar refractivity (Wildman–Crippen MR) is 27.7 cm³/mol. The third kappa shape index (κ3) is 1.15. The second-order valence-electron chi connectivity index (χ2n) is 2.37. The standard InChI is InChI=1S/C6H10F/c1-6(7)4-2-3-5-6/h4H,2-3,5H2,1H3. The van der Waals surface area contributed by atoms with Crippen LogP contribution in [-0.2, 0) is 0 Å². The molecule has 0 heterocycles. The van der Waals surface area contributed by atoms with Crippen LogP contribution in [0.1, 0.15) is 26.2 Å². The first-order valence-corrected chi connectivity index (χ1v) is 2.74. The monoisotopic (exact) mass is 101 g/mol. The lowest BCUT2D eigenvalue weighted by Crippen LogP contribution is -2.10. The van der Waals surface area contributed by atoms with Crippen molar-refractivity contribution in [3.63, 3.8) is 0 Å². The number of hydrogen-bond donors (Lipinski definition) is 0.